The molecule has 1 atom stereocenters. The third-order valence-corrected chi connectivity index (χ3v) is 3.28. The van der Waals surface area contributed by atoms with Gasteiger partial charge in [-0.3, -0.25) is 9.69 Å². The van der Waals surface area contributed by atoms with E-state index in [1.807, 2.05) is 19.1 Å². The molecule has 0 amide bonds. The molecule has 0 saturated heterocycles. The lowest BCUT2D eigenvalue weighted by Crippen LogP contribution is -2.27. The van der Waals surface area contributed by atoms with Crippen LogP contribution in [0.15, 0.2) is 18.2 Å². The lowest BCUT2D eigenvalue weighted by Gasteiger charge is -2.23. The van der Waals surface area contributed by atoms with Gasteiger partial charge in [0.15, 0.2) is 5.78 Å². The lowest BCUT2D eigenvalue weighted by atomic mass is 10.1. The molecule has 0 aliphatic rings. The molecule has 0 radical (unpaired) electrons. The summed E-state index contributed by atoms with van der Waals surface area (Å²) in [4.78, 5) is 13.7. The second-order valence-electron chi connectivity index (χ2n) is 4.94. The van der Waals surface area contributed by atoms with Crippen molar-refractivity contribution in [2.75, 3.05) is 20.2 Å². The van der Waals surface area contributed by atoms with Gasteiger partial charge in [-0.2, -0.15) is 5.26 Å². The average Bonchev–Trinajstić information content (AvgIpc) is 2.45. The van der Waals surface area contributed by atoms with Crippen molar-refractivity contribution in [1.82, 2.24) is 4.90 Å². The van der Waals surface area contributed by atoms with Crippen molar-refractivity contribution >= 4 is 5.78 Å². The second kappa shape index (κ2) is 7.66. The summed E-state index contributed by atoms with van der Waals surface area (Å²) in [5, 5.41) is 8.92. The number of ether oxygens (including phenoxy) is 1. The van der Waals surface area contributed by atoms with Crippen LogP contribution in [-0.2, 0) is 6.54 Å². The predicted molar refractivity (Wildman–Crippen MR) is 78.7 cm³/mol. The van der Waals surface area contributed by atoms with Crippen LogP contribution < -0.4 is 4.74 Å². The fourth-order valence-corrected chi connectivity index (χ4v) is 2.10. The molecule has 0 aliphatic heterocycles. The van der Waals surface area contributed by atoms with Crippen LogP contribution in [0.25, 0.3) is 0 Å². The van der Waals surface area contributed by atoms with Crippen LogP contribution in [0, 0.1) is 17.2 Å². The molecule has 1 aromatic rings. The second-order valence-corrected chi connectivity index (χ2v) is 4.94. The van der Waals surface area contributed by atoms with E-state index in [9.17, 15) is 4.79 Å². The molecule has 108 valence electrons. The van der Waals surface area contributed by atoms with E-state index in [1.54, 1.807) is 20.1 Å². The molecule has 4 heteroatoms. The zero-order chi connectivity index (χ0) is 15.1. The van der Waals surface area contributed by atoms with E-state index < -0.39 is 0 Å². The Morgan fingerprint density at radius 2 is 2.20 bits per heavy atom. The summed E-state index contributed by atoms with van der Waals surface area (Å²) in [6.45, 7) is 7.75. The molecule has 0 aliphatic carbocycles. The molecule has 0 aromatic heterocycles. The van der Waals surface area contributed by atoms with E-state index in [1.165, 1.54) is 0 Å². The maximum absolute atomic E-state index is 11.5. The van der Waals surface area contributed by atoms with Crippen molar-refractivity contribution in [1.29, 1.82) is 5.26 Å². The molecular formula is C16H22N2O2. The summed E-state index contributed by atoms with van der Waals surface area (Å²) in [7, 11) is 1.63. The van der Waals surface area contributed by atoms with E-state index in [0.717, 1.165) is 17.9 Å². The van der Waals surface area contributed by atoms with Gasteiger partial charge in [0.05, 0.1) is 19.1 Å². The van der Waals surface area contributed by atoms with Crippen molar-refractivity contribution in [2.45, 2.75) is 27.3 Å². The van der Waals surface area contributed by atoms with Crippen molar-refractivity contribution in [3.63, 3.8) is 0 Å². The van der Waals surface area contributed by atoms with Crippen LogP contribution in [0.2, 0.25) is 0 Å². The number of methoxy groups -OCH3 is 1. The van der Waals surface area contributed by atoms with Crippen LogP contribution in [0.4, 0.5) is 0 Å². The maximum Gasteiger partial charge on any atom is 0.159 e. The Morgan fingerprint density at radius 3 is 2.70 bits per heavy atom. The Hall–Kier alpha value is -1.86. The van der Waals surface area contributed by atoms with Crippen LogP contribution in [0.1, 0.15) is 36.7 Å². The number of benzene rings is 1. The van der Waals surface area contributed by atoms with Gasteiger partial charge in [0, 0.05) is 24.2 Å². The Labute approximate surface area is 121 Å². The first-order chi connectivity index (χ1) is 9.51. The van der Waals surface area contributed by atoms with Gasteiger partial charge in [-0.1, -0.05) is 6.92 Å². The fourth-order valence-electron chi connectivity index (χ4n) is 2.10. The van der Waals surface area contributed by atoms with Crippen molar-refractivity contribution in [3.05, 3.63) is 29.3 Å². The molecule has 0 saturated carbocycles. The molecule has 1 unspecified atom stereocenters. The highest BCUT2D eigenvalue weighted by molar-refractivity contribution is 5.94. The van der Waals surface area contributed by atoms with Crippen molar-refractivity contribution in [2.24, 2.45) is 5.92 Å². The van der Waals surface area contributed by atoms with E-state index in [0.29, 0.717) is 18.7 Å². The minimum absolute atomic E-state index is 0.0167. The largest absolute Gasteiger partial charge is 0.496 e. The van der Waals surface area contributed by atoms with Crippen LogP contribution >= 0.6 is 0 Å². The topological polar surface area (TPSA) is 53.3 Å². The molecule has 20 heavy (non-hydrogen) atoms. The van der Waals surface area contributed by atoms with Gasteiger partial charge in [0.1, 0.15) is 5.75 Å². The molecule has 1 aromatic carbocycles. The summed E-state index contributed by atoms with van der Waals surface area (Å²) in [5.74, 6) is 0.803. The quantitative estimate of drug-likeness (QED) is 0.717. The van der Waals surface area contributed by atoms with E-state index >= 15 is 0 Å². The highest BCUT2D eigenvalue weighted by Gasteiger charge is 2.13. The van der Waals surface area contributed by atoms with Gasteiger partial charge in [-0.15, -0.1) is 0 Å². The number of rotatable bonds is 7. The molecule has 1 rings (SSSR count). The number of hydrogen-bond donors (Lipinski definition) is 0. The molecule has 0 N–H and O–H groups in total. The normalized spacial score (nSPS) is 12.0. The van der Waals surface area contributed by atoms with E-state index in [-0.39, 0.29) is 11.7 Å². The van der Waals surface area contributed by atoms with Crippen molar-refractivity contribution in [3.8, 4) is 11.8 Å². The number of ketones is 1. The standard InChI is InChI=1S/C16H22N2O2/c1-5-18(10-12(2)9-17)11-15-8-14(13(3)19)6-7-16(15)20-4/h6-8,12H,5,10-11H2,1-4H3. The average molecular weight is 274 g/mol. The van der Waals surface area contributed by atoms with Gasteiger partial charge < -0.3 is 4.74 Å². The SMILES string of the molecule is CCN(Cc1cc(C(C)=O)ccc1OC)CC(C)C#N. The molecule has 0 bridgehead atoms. The zero-order valence-corrected chi connectivity index (χ0v) is 12.6. The summed E-state index contributed by atoms with van der Waals surface area (Å²) >= 11 is 0. The fraction of sp³-hybridized carbons (Fsp3) is 0.500. The molecular weight excluding hydrogens is 252 g/mol. The first-order valence-corrected chi connectivity index (χ1v) is 6.81. The van der Waals surface area contributed by atoms with Gasteiger partial charge in [0.25, 0.3) is 0 Å². The lowest BCUT2D eigenvalue weighted by molar-refractivity contribution is 0.101. The molecule has 0 heterocycles. The minimum atomic E-state index is -0.0167. The Balaban J connectivity index is 2.95. The van der Waals surface area contributed by atoms with Crippen LogP contribution in [0.5, 0.6) is 5.75 Å². The third-order valence-electron chi connectivity index (χ3n) is 3.28. The predicted octanol–water partition coefficient (Wildman–Crippen LogP) is 2.88. The Kier molecular flexibility index (Phi) is 6.20. The number of hydrogen-bond acceptors (Lipinski definition) is 4. The summed E-state index contributed by atoms with van der Waals surface area (Å²) in [6.07, 6.45) is 0. The maximum atomic E-state index is 11.5. The Morgan fingerprint density at radius 1 is 1.50 bits per heavy atom. The number of nitriles is 1. The number of Topliss-reactive ketones (excluding diaryl/α,β-unsaturated/α-hetero) is 1. The third kappa shape index (κ3) is 4.36. The summed E-state index contributed by atoms with van der Waals surface area (Å²) < 4.78 is 5.35. The van der Waals surface area contributed by atoms with Crippen molar-refractivity contribution < 1.29 is 9.53 Å². The Bertz CT molecular complexity index is 506. The number of carbonyl (C=O) groups is 1. The smallest absolute Gasteiger partial charge is 0.159 e. The number of nitrogens with zero attached hydrogens (tertiary/aromatic N) is 2. The van der Waals surface area contributed by atoms with Gasteiger partial charge in [0.2, 0.25) is 0 Å². The highest BCUT2D eigenvalue weighted by atomic mass is 16.5. The molecule has 0 fully saturated rings. The molecule has 0 spiro atoms. The summed E-state index contributed by atoms with van der Waals surface area (Å²) in [5.41, 5.74) is 1.66. The van der Waals surface area contributed by atoms with Crippen LogP contribution in [-0.4, -0.2) is 30.9 Å². The van der Waals surface area contributed by atoms with Gasteiger partial charge >= 0.3 is 0 Å². The van der Waals surface area contributed by atoms with E-state index in [2.05, 4.69) is 17.9 Å². The highest BCUT2D eigenvalue weighted by Crippen LogP contribution is 2.22. The summed E-state index contributed by atoms with van der Waals surface area (Å²) in [6, 6.07) is 7.73. The minimum Gasteiger partial charge on any atom is -0.496 e. The first kappa shape index (κ1) is 16.2. The van der Waals surface area contributed by atoms with E-state index in [4.69, 9.17) is 10.00 Å². The molecule has 4 nitrogen and oxygen atoms in total. The van der Waals surface area contributed by atoms with Gasteiger partial charge in [-0.25, -0.2) is 0 Å². The zero-order valence-electron chi connectivity index (χ0n) is 12.6. The van der Waals surface area contributed by atoms with Crippen LogP contribution in [0.3, 0.4) is 0 Å². The first-order valence-electron chi connectivity index (χ1n) is 6.81. The number of carbonyl (C=O) groups excluding carboxylic acids is 1. The van der Waals surface area contributed by atoms with Gasteiger partial charge in [-0.05, 0) is 38.6 Å². The monoisotopic (exact) mass is 274 g/mol.